The Balaban J connectivity index is 1.78. The third-order valence-electron chi connectivity index (χ3n) is 4.96. The number of nitrogens with zero attached hydrogens (tertiary/aromatic N) is 1. The largest absolute Gasteiger partial charge is 0.545 e. The first-order chi connectivity index (χ1) is 16.4. The van der Waals surface area contributed by atoms with Crippen molar-refractivity contribution in [2.24, 2.45) is 4.99 Å². The first kappa shape index (κ1) is 23.1. The summed E-state index contributed by atoms with van der Waals surface area (Å²) in [4.78, 5) is 28.6. The lowest BCUT2D eigenvalue weighted by Crippen LogP contribution is -2.28. The van der Waals surface area contributed by atoms with Gasteiger partial charge in [-0.05, 0) is 54.4 Å². The number of ether oxygens (including phenoxy) is 1. The zero-order valence-corrected chi connectivity index (χ0v) is 19.0. The third-order valence-corrected chi connectivity index (χ3v) is 5.19. The second kappa shape index (κ2) is 10.2. The molecule has 0 unspecified atom stereocenters. The van der Waals surface area contributed by atoms with Crippen molar-refractivity contribution in [2.75, 3.05) is 6.61 Å². The highest BCUT2D eigenvalue weighted by atomic mass is 35.5. The van der Waals surface area contributed by atoms with Crippen molar-refractivity contribution in [3.8, 4) is 5.75 Å². The van der Waals surface area contributed by atoms with Gasteiger partial charge in [0.05, 0.1) is 18.3 Å². The molecule has 0 spiro atoms. The van der Waals surface area contributed by atoms with Crippen LogP contribution in [-0.2, 0) is 6.54 Å². The number of aromatic carboxylic acids is 1. The average Bonchev–Trinajstić information content (AvgIpc) is 2.83. The van der Waals surface area contributed by atoms with Crippen LogP contribution in [0.3, 0.4) is 0 Å². The number of fused-ring (bicyclic) bond motifs is 1. The predicted octanol–water partition coefficient (Wildman–Crippen LogP) is 4.01. The lowest BCUT2D eigenvalue weighted by atomic mass is 10.1. The van der Waals surface area contributed by atoms with Gasteiger partial charge in [-0.25, -0.2) is 4.99 Å². The van der Waals surface area contributed by atoms with Gasteiger partial charge < -0.3 is 24.4 Å². The number of carboxylic acid groups (broad SMARTS) is 1. The Morgan fingerprint density at radius 3 is 2.53 bits per heavy atom. The van der Waals surface area contributed by atoms with E-state index in [0.29, 0.717) is 34.0 Å². The van der Waals surface area contributed by atoms with Gasteiger partial charge in [0.15, 0.2) is 11.3 Å². The fourth-order valence-electron chi connectivity index (χ4n) is 3.35. The second-order valence-electron chi connectivity index (χ2n) is 7.33. The number of benzene rings is 3. The molecule has 0 saturated heterocycles. The zero-order valence-electron chi connectivity index (χ0n) is 18.2. The van der Waals surface area contributed by atoms with E-state index in [4.69, 9.17) is 20.8 Å². The lowest BCUT2D eigenvalue weighted by molar-refractivity contribution is -0.255. The fourth-order valence-corrected chi connectivity index (χ4v) is 3.57. The van der Waals surface area contributed by atoms with Gasteiger partial charge in [-0.15, -0.1) is 0 Å². The Kier molecular flexibility index (Phi) is 6.94. The number of halogens is 1. The highest BCUT2D eigenvalue weighted by Crippen LogP contribution is 2.25. The van der Waals surface area contributed by atoms with Crippen molar-refractivity contribution in [3.05, 3.63) is 100 Å². The van der Waals surface area contributed by atoms with Gasteiger partial charge >= 0.3 is 0 Å². The first-order valence-corrected chi connectivity index (χ1v) is 10.9. The van der Waals surface area contributed by atoms with Crippen LogP contribution in [0, 0.1) is 0 Å². The van der Waals surface area contributed by atoms with E-state index in [0.717, 1.165) is 5.56 Å². The molecule has 3 aromatic carbocycles. The minimum Gasteiger partial charge on any atom is -0.545 e. The van der Waals surface area contributed by atoms with Crippen LogP contribution in [-0.4, -0.2) is 18.5 Å². The van der Waals surface area contributed by atoms with E-state index in [1.165, 1.54) is 24.3 Å². The van der Waals surface area contributed by atoms with Crippen LogP contribution in [0.4, 0.5) is 5.69 Å². The summed E-state index contributed by atoms with van der Waals surface area (Å²) >= 11 is 6.03. The molecule has 172 valence electrons. The summed E-state index contributed by atoms with van der Waals surface area (Å²) in [6.45, 7) is 2.56. The number of rotatable bonds is 7. The molecule has 0 atom stereocenters. The topological polar surface area (TPSA) is 104 Å². The van der Waals surface area contributed by atoms with Crippen LogP contribution in [0.25, 0.3) is 11.0 Å². The van der Waals surface area contributed by atoms with Crippen LogP contribution >= 0.6 is 11.6 Å². The molecule has 1 N–H and O–H groups in total. The molecule has 0 radical (unpaired) electrons. The molecular formula is C26H20ClN2O5-. The van der Waals surface area contributed by atoms with Crippen LogP contribution in [0.15, 0.2) is 82.2 Å². The molecule has 1 heterocycles. The van der Waals surface area contributed by atoms with Gasteiger partial charge in [-0.3, -0.25) is 4.79 Å². The lowest BCUT2D eigenvalue weighted by Gasteiger charge is -2.10. The number of carbonyl (C=O) groups is 2. The highest BCUT2D eigenvalue weighted by molar-refractivity contribution is 6.30. The van der Waals surface area contributed by atoms with E-state index in [-0.39, 0.29) is 23.2 Å². The molecule has 34 heavy (non-hydrogen) atoms. The third kappa shape index (κ3) is 5.27. The Bertz CT molecular complexity index is 1430. The molecule has 1 aromatic heterocycles. The molecule has 8 heteroatoms. The van der Waals surface area contributed by atoms with Gasteiger partial charge in [-0.1, -0.05) is 48.0 Å². The van der Waals surface area contributed by atoms with Crippen LogP contribution in [0.2, 0.25) is 5.02 Å². The number of hydrogen-bond donors (Lipinski definition) is 1. The summed E-state index contributed by atoms with van der Waals surface area (Å²) in [5.41, 5.74) is 1.99. The SMILES string of the molecule is CCOc1cccc2cc(C(=O)NCc3cccc(Cl)c3)c(=Nc3ccc(C(=O)[O-])cc3)oc12. The highest BCUT2D eigenvalue weighted by Gasteiger charge is 2.15. The number of nitrogens with one attached hydrogen (secondary N) is 1. The van der Waals surface area contributed by atoms with E-state index in [1.807, 2.05) is 31.2 Å². The molecule has 0 aliphatic carbocycles. The molecular weight excluding hydrogens is 456 g/mol. The van der Waals surface area contributed by atoms with Gasteiger partial charge in [0.1, 0.15) is 5.56 Å². The smallest absolute Gasteiger partial charge is 0.257 e. The molecule has 4 aromatic rings. The van der Waals surface area contributed by atoms with E-state index >= 15 is 0 Å². The number of carboxylic acids is 1. The van der Waals surface area contributed by atoms with Gasteiger partial charge in [0.2, 0.25) is 5.55 Å². The quantitative estimate of drug-likeness (QED) is 0.435. The van der Waals surface area contributed by atoms with Crippen molar-refractivity contribution in [1.82, 2.24) is 5.32 Å². The fraction of sp³-hybridized carbons (Fsp3) is 0.115. The maximum absolute atomic E-state index is 13.1. The number of para-hydroxylation sites is 1. The summed E-state index contributed by atoms with van der Waals surface area (Å²) in [6.07, 6.45) is 0. The Labute approximate surface area is 200 Å². The first-order valence-electron chi connectivity index (χ1n) is 10.5. The van der Waals surface area contributed by atoms with Crippen LogP contribution in [0.1, 0.15) is 33.2 Å². The summed E-state index contributed by atoms with van der Waals surface area (Å²) in [6, 6.07) is 20.0. The summed E-state index contributed by atoms with van der Waals surface area (Å²) in [7, 11) is 0. The predicted molar refractivity (Wildman–Crippen MR) is 126 cm³/mol. The van der Waals surface area contributed by atoms with E-state index in [9.17, 15) is 14.7 Å². The average molecular weight is 476 g/mol. The van der Waals surface area contributed by atoms with Crippen molar-refractivity contribution in [1.29, 1.82) is 0 Å². The van der Waals surface area contributed by atoms with Crippen molar-refractivity contribution >= 4 is 40.1 Å². The normalized spacial score (nSPS) is 11.4. The Morgan fingerprint density at radius 1 is 1.06 bits per heavy atom. The molecule has 1 amide bonds. The molecule has 0 saturated carbocycles. The molecule has 0 bridgehead atoms. The van der Waals surface area contributed by atoms with Crippen molar-refractivity contribution in [3.63, 3.8) is 0 Å². The molecule has 0 aliphatic rings. The van der Waals surface area contributed by atoms with Gasteiger partial charge in [0, 0.05) is 17.0 Å². The summed E-state index contributed by atoms with van der Waals surface area (Å²) in [5, 5.41) is 15.1. The summed E-state index contributed by atoms with van der Waals surface area (Å²) in [5.74, 6) is -1.16. The Hall–Kier alpha value is -4.10. The van der Waals surface area contributed by atoms with E-state index in [1.54, 1.807) is 24.3 Å². The molecule has 4 rings (SSSR count). The van der Waals surface area contributed by atoms with Crippen LogP contribution < -0.4 is 20.7 Å². The Morgan fingerprint density at radius 2 is 1.82 bits per heavy atom. The van der Waals surface area contributed by atoms with Gasteiger partial charge in [-0.2, -0.15) is 0 Å². The maximum atomic E-state index is 13.1. The van der Waals surface area contributed by atoms with Crippen LogP contribution in [0.5, 0.6) is 5.75 Å². The monoisotopic (exact) mass is 475 g/mol. The van der Waals surface area contributed by atoms with Crippen molar-refractivity contribution < 1.29 is 23.8 Å². The minimum absolute atomic E-state index is 0.0209. The van der Waals surface area contributed by atoms with Crippen molar-refractivity contribution in [2.45, 2.75) is 13.5 Å². The zero-order chi connectivity index (χ0) is 24.1. The maximum Gasteiger partial charge on any atom is 0.257 e. The number of amides is 1. The second-order valence-corrected chi connectivity index (χ2v) is 7.77. The summed E-state index contributed by atoms with van der Waals surface area (Å²) < 4.78 is 11.7. The number of hydrogen-bond acceptors (Lipinski definition) is 6. The standard InChI is InChI=1S/C26H21ClN2O5/c1-2-33-22-8-4-6-18-14-21(24(30)28-15-16-5-3-7-19(27)13-16)25(34-23(18)22)29-20-11-9-17(10-12-20)26(31)32/h3-14H,2,15H2,1H3,(H,28,30)(H,31,32)/p-1. The molecule has 0 fully saturated rings. The van der Waals surface area contributed by atoms with E-state index in [2.05, 4.69) is 10.3 Å². The molecule has 0 aliphatic heterocycles. The van der Waals surface area contributed by atoms with Gasteiger partial charge in [0.25, 0.3) is 5.91 Å². The molecule has 7 nitrogen and oxygen atoms in total. The number of carbonyl (C=O) groups excluding carboxylic acids is 2. The van der Waals surface area contributed by atoms with E-state index < -0.39 is 11.9 Å². The minimum atomic E-state index is -1.29.